The minimum atomic E-state index is 0.0647. The molecule has 31 heavy (non-hydrogen) atoms. The van der Waals surface area contributed by atoms with Crippen LogP contribution in [0.2, 0.25) is 0 Å². The summed E-state index contributed by atoms with van der Waals surface area (Å²) in [7, 11) is 1.85. The number of pyridine rings is 1. The molecule has 4 heterocycles. The Kier molecular flexibility index (Phi) is 4.87. The summed E-state index contributed by atoms with van der Waals surface area (Å²) in [6.45, 7) is 0.647. The van der Waals surface area contributed by atoms with Gasteiger partial charge in [0.1, 0.15) is 11.6 Å². The van der Waals surface area contributed by atoms with E-state index in [1.807, 2.05) is 49.5 Å². The van der Waals surface area contributed by atoms with Crippen LogP contribution in [0.1, 0.15) is 11.1 Å². The molecule has 1 aliphatic heterocycles. The van der Waals surface area contributed by atoms with E-state index in [0.717, 1.165) is 40.4 Å². The number of nitrogens with zero attached hydrogens (tertiary/aromatic N) is 6. The van der Waals surface area contributed by atoms with Crippen LogP contribution in [0, 0.1) is 0 Å². The number of benzene rings is 1. The SMILES string of the molecule is Cn1nccc1Nc1nccc(-c2cnc3c(c2)CCN3C(=O)Cc2ccccc2)n1. The first kappa shape index (κ1) is 18.9. The van der Waals surface area contributed by atoms with Crippen LogP contribution in [0.4, 0.5) is 17.6 Å². The van der Waals surface area contributed by atoms with Gasteiger partial charge in [0.2, 0.25) is 11.9 Å². The Morgan fingerprint density at radius 3 is 2.77 bits per heavy atom. The third-order valence-corrected chi connectivity index (χ3v) is 5.31. The fourth-order valence-electron chi connectivity index (χ4n) is 3.71. The molecule has 1 amide bonds. The van der Waals surface area contributed by atoms with Gasteiger partial charge in [-0.1, -0.05) is 30.3 Å². The Balaban J connectivity index is 1.36. The number of amides is 1. The average molecular weight is 411 g/mol. The molecule has 0 fully saturated rings. The molecule has 0 saturated heterocycles. The average Bonchev–Trinajstić information content (AvgIpc) is 3.40. The van der Waals surface area contributed by atoms with E-state index in [4.69, 9.17) is 0 Å². The van der Waals surface area contributed by atoms with Gasteiger partial charge < -0.3 is 5.32 Å². The van der Waals surface area contributed by atoms with Crippen LogP contribution in [0.5, 0.6) is 0 Å². The van der Waals surface area contributed by atoms with E-state index in [-0.39, 0.29) is 5.91 Å². The monoisotopic (exact) mass is 411 g/mol. The summed E-state index contributed by atoms with van der Waals surface area (Å²) in [5, 5.41) is 7.30. The highest BCUT2D eigenvalue weighted by molar-refractivity contribution is 5.96. The molecule has 1 aliphatic rings. The highest BCUT2D eigenvalue weighted by atomic mass is 16.2. The standard InChI is InChI=1S/C23H21N7O/c1-29-20(8-11-26-29)28-23-24-10-7-19(27-23)18-14-17-9-12-30(22(17)25-15-18)21(31)13-16-5-3-2-4-6-16/h2-8,10-11,14-15H,9,12-13H2,1H3,(H,24,27,28). The van der Waals surface area contributed by atoms with Crippen LogP contribution >= 0.6 is 0 Å². The summed E-state index contributed by atoms with van der Waals surface area (Å²) in [5.74, 6) is 2.10. The van der Waals surface area contributed by atoms with E-state index in [2.05, 4.69) is 31.4 Å². The first-order valence-corrected chi connectivity index (χ1v) is 10.1. The number of aryl methyl sites for hydroxylation is 1. The van der Waals surface area contributed by atoms with Gasteiger partial charge in [0.15, 0.2) is 0 Å². The minimum absolute atomic E-state index is 0.0647. The molecule has 0 unspecified atom stereocenters. The predicted octanol–water partition coefficient (Wildman–Crippen LogP) is 3.15. The second-order valence-corrected chi connectivity index (χ2v) is 7.40. The van der Waals surface area contributed by atoms with Crippen LogP contribution in [-0.4, -0.2) is 37.2 Å². The van der Waals surface area contributed by atoms with Gasteiger partial charge in [-0.25, -0.2) is 15.0 Å². The number of carbonyl (C=O) groups excluding carboxylic acids is 1. The molecule has 154 valence electrons. The van der Waals surface area contributed by atoms with Crippen molar-refractivity contribution in [3.8, 4) is 11.3 Å². The van der Waals surface area contributed by atoms with E-state index in [1.165, 1.54) is 0 Å². The first-order chi connectivity index (χ1) is 15.2. The van der Waals surface area contributed by atoms with Crippen molar-refractivity contribution in [1.29, 1.82) is 0 Å². The van der Waals surface area contributed by atoms with Gasteiger partial charge in [0, 0.05) is 37.6 Å². The Bertz CT molecular complexity index is 1240. The maximum atomic E-state index is 12.8. The van der Waals surface area contributed by atoms with E-state index in [1.54, 1.807) is 28.2 Å². The molecule has 0 spiro atoms. The first-order valence-electron chi connectivity index (χ1n) is 10.1. The molecule has 1 aromatic carbocycles. The summed E-state index contributed by atoms with van der Waals surface area (Å²) in [6.07, 6.45) is 6.34. The molecule has 1 N–H and O–H groups in total. The Morgan fingerprint density at radius 2 is 1.97 bits per heavy atom. The number of aromatic nitrogens is 5. The van der Waals surface area contributed by atoms with Gasteiger partial charge in [0.25, 0.3) is 0 Å². The summed E-state index contributed by atoms with van der Waals surface area (Å²) in [6, 6.07) is 15.6. The number of carbonyl (C=O) groups is 1. The third-order valence-electron chi connectivity index (χ3n) is 5.31. The molecule has 0 atom stereocenters. The highest BCUT2D eigenvalue weighted by Crippen LogP contribution is 2.30. The van der Waals surface area contributed by atoms with Gasteiger partial charge in [-0.15, -0.1) is 0 Å². The van der Waals surface area contributed by atoms with Crippen LogP contribution in [-0.2, 0) is 24.7 Å². The molecule has 0 aliphatic carbocycles. The molecular formula is C23H21N7O. The van der Waals surface area contributed by atoms with E-state index >= 15 is 0 Å². The van der Waals surface area contributed by atoms with Crippen molar-refractivity contribution in [3.05, 3.63) is 78.2 Å². The normalized spacial score (nSPS) is 12.6. The summed E-state index contributed by atoms with van der Waals surface area (Å²) in [4.78, 5) is 28.1. The van der Waals surface area contributed by atoms with E-state index in [0.29, 0.717) is 18.9 Å². The number of anilines is 3. The number of fused-ring (bicyclic) bond motifs is 1. The Hall–Kier alpha value is -4.07. The smallest absolute Gasteiger partial charge is 0.232 e. The van der Waals surface area contributed by atoms with Crippen molar-refractivity contribution in [2.45, 2.75) is 12.8 Å². The zero-order chi connectivity index (χ0) is 21.2. The lowest BCUT2D eigenvalue weighted by Crippen LogP contribution is -2.30. The van der Waals surface area contributed by atoms with Crippen molar-refractivity contribution in [2.75, 3.05) is 16.8 Å². The van der Waals surface area contributed by atoms with Crippen molar-refractivity contribution in [2.24, 2.45) is 7.05 Å². The number of hydrogen-bond acceptors (Lipinski definition) is 6. The van der Waals surface area contributed by atoms with Gasteiger partial charge >= 0.3 is 0 Å². The molecule has 0 radical (unpaired) electrons. The molecule has 3 aromatic heterocycles. The van der Waals surface area contributed by atoms with Gasteiger partial charge in [-0.05, 0) is 29.7 Å². The minimum Gasteiger partial charge on any atom is -0.309 e. The van der Waals surface area contributed by atoms with Gasteiger partial charge in [0.05, 0.1) is 18.3 Å². The lowest BCUT2D eigenvalue weighted by Gasteiger charge is -2.16. The molecule has 0 bridgehead atoms. The van der Waals surface area contributed by atoms with E-state index in [9.17, 15) is 4.79 Å². The molecule has 8 heteroatoms. The lowest BCUT2D eigenvalue weighted by molar-refractivity contribution is -0.117. The molecule has 8 nitrogen and oxygen atoms in total. The quantitative estimate of drug-likeness (QED) is 0.543. The zero-order valence-electron chi connectivity index (χ0n) is 17.1. The molecule has 4 aromatic rings. The Labute approximate surface area is 179 Å². The van der Waals surface area contributed by atoms with Crippen molar-refractivity contribution < 1.29 is 4.79 Å². The maximum Gasteiger partial charge on any atom is 0.232 e. The fraction of sp³-hybridized carbons (Fsp3) is 0.174. The number of nitrogens with one attached hydrogen (secondary N) is 1. The molecule has 5 rings (SSSR count). The van der Waals surface area contributed by atoms with Crippen LogP contribution < -0.4 is 10.2 Å². The topological polar surface area (TPSA) is 88.8 Å². The van der Waals surface area contributed by atoms with Crippen LogP contribution in [0.15, 0.2) is 67.1 Å². The highest BCUT2D eigenvalue weighted by Gasteiger charge is 2.26. The van der Waals surface area contributed by atoms with Gasteiger partial charge in [-0.3, -0.25) is 14.4 Å². The largest absolute Gasteiger partial charge is 0.309 e. The van der Waals surface area contributed by atoms with Gasteiger partial charge in [-0.2, -0.15) is 5.10 Å². The maximum absolute atomic E-state index is 12.8. The van der Waals surface area contributed by atoms with Crippen molar-refractivity contribution >= 4 is 23.5 Å². The van der Waals surface area contributed by atoms with Crippen LogP contribution in [0.3, 0.4) is 0 Å². The second kappa shape index (κ2) is 7.98. The third kappa shape index (κ3) is 3.87. The second-order valence-electron chi connectivity index (χ2n) is 7.40. The zero-order valence-corrected chi connectivity index (χ0v) is 17.1. The lowest BCUT2D eigenvalue weighted by atomic mass is 10.1. The predicted molar refractivity (Wildman–Crippen MR) is 118 cm³/mol. The van der Waals surface area contributed by atoms with E-state index < -0.39 is 0 Å². The number of hydrogen-bond donors (Lipinski definition) is 1. The summed E-state index contributed by atoms with van der Waals surface area (Å²) in [5.41, 5.74) is 3.72. The number of rotatable bonds is 5. The van der Waals surface area contributed by atoms with Crippen LogP contribution in [0.25, 0.3) is 11.3 Å². The fourth-order valence-corrected chi connectivity index (χ4v) is 3.71. The molecular weight excluding hydrogens is 390 g/mol. The summed E-state index contributed by atoms with van der Waals surface area (Å²) >= 11 is 0. The molecule has 0 saturated carbocycles. The van der Waals surface area contributed by atoms with Crippen molar-refractivity contribution in [1.82, 2.24) is 24.7 Å². The van der Waals surface area contributed by atoms with Crippen molar-refractivity contribution in [3.63, 3.8) is 0 Å². The summed E-state index contributed by atoms with van der Waals surface area (Å²) < 4.78 is 1.72. The Morgan fingerprint density at radius 1 is 1.10 bits per heavy atom.